The maximum atomic E-state index is 12.8. The van der Waals surface area contributed by atoms with Crippen molar-refractivity contribution in [3.8, 4) is 29.0 Å². The van der Waals surface area contributed by atoms with Gasteiger partial charge in [-0.1, -0.05) is 25.7 Å². The summed E-state index contributed by atoms with van der Waals surface area (Å²) >= 11 is 0. The molecule has 1 atom stereocenters. The largest absolute Gasteiger partial charge is 0.490 e. The highest BCUT2D eigenvalue weighted by atomic mass is 32.2. The summed E-state index contributed by atoms with van der Waals surface area (Å²) in [6.45, 7) is 5.43. The zero-order valence-corrected chi connectivity index (χ0v) is 27.1. The predicted molar refractivity (Wildman–Crippen MR) is 172 cm³/mol. The molecule has 4 rings (SSSR count). The van der Waals surface area contributed by atoms with Gasteiger partial charge in [-0.05, 0) is 48.4 Å². The lowest BCUT2D eigenvalue weighted by Gasteiger charge is -2.36. The first-order valence-electron chi connectivity index (χ1n) is 14.8. The molecule has 46 heavy (non-hydrogen) atoms. The summed E-state index contributed by atoms with van der Waals surface area (Å²) in [6, 6.07) is 11.9. The van der Waals surface area contributed by atoms with E-state index in [1.54, 1.807) is 34.1 Å². The van der Waals surface area contributed by atoms with Crippen LogP contribution in [0.1, 0.15) is 30.7 Å². The van der Waals surface area contributed by atoms with Gasteiger partial charge in [0, 0.05) is 57.2 Å². The molecule has 3 N–H and O–H groups in total. The number of aromatic nitrogens is 1. The van der Waals surface area contributed by atoms with Crippen molar-refractivity contribution < 1.29 is 37.0 Å². The van der Waals surface area contributed by atoms with Gasteiger partial charge in [-0.15, -0.1) is 0 Å². The lowest BCUT2D eigenvalue weighted by Crippen LogP contribution is -2.55. The maximum Gasteiger partial charge on any atom is 0.322 e. The summed E-state index contributed by atoms with van der Waals surface area (Å²) in [7, 11) is -0.788. The first kappa shape index (κ1) is 34.5. The van der Waals surface area contributed by atoms with Gasteiger partial charge in [-0.25, -0.2) is 4.98 Å². The van der Waals surface area contributed by atoms with E-state index < -0.39 is 22.2 Å². The molecule has 1 unspecified atom stereocenters. The number of aliphatic carboxylic acids is 1. The number of methoxy groups -OCH3 is 1. The molecular weight excluding hydrogens is 614 g/mol. The van der Waals surface area contributed by atoms with Gasteiger partial charge < -0.3 is 29.2 Å². The Morgan fingerprint density at radius 1 is 1.04 bits per heavy atom. The standard InChI is InChI=1S/C32H39N5O8S/c1-22(2)30(32(39)40)35-46(41,42)37-15-13-36(14-16-37)25-10-7-23(8-11-25)5-6-24-9-12-28(44-18-17-43-4)27(19-24)31-34-21-26(45-31)20-29(38)33-3/h7-12,19,21-22,30,35H,13-18,20H2,1-4H3,(H,33,38)(H,39,40). The number of carboxylic acid groups (broad SMARTS) is 1. The smallest absolute Gasteiger partial charge is 0.322 e. The summed E-state index contributed by atoms with van der Waals surface area (Å²) < 4.78 is 46.0. The van der Waals surface area contributed by atoms with Gasteiger partial charge in [0.25, 0.3) is 10.2 Å². The number of likely N-dealkylation sites (N-methyl/N-ethyl adjacent to an activating group) is 1. The van der Waals surface area contributed by atoms with Crippen LogP contribution in [-0.4, -0.2) is 94.3 Å². The number of anilines is 1. The highest BCUT2D eigenvalue weighted by Gasteiger charge is 2.33. The van der Waals surface area contributed by atoms with Crippen LogP contribution in [0.2, 0.25) is 0 Å². The van der Waals surface area contributed by atoms with E-state index in [0.29, 0.717) is 54.8 Å². The Labute approximate surface area is 269 Å². The van der Waals surface area contributed by atoms with Crippen LogP contribution in [0.25, 0.3) is 11.5 Å². The average molecular weight is 654 g/mol. The zero-order chi connectivity index (χ0) is 33.3. The van der Waals surface area contributed by atoms with Gasteiger partial charge in [-0.3, -0.25) is 9.59 Å². The van der Waals surface area contributed by atoms with Crippen molar-refractivity contribution in [1.82, 2.24) is 19.3 Å². The van der Waals surface area contributed by atoms with Crippen molar-refractivity contribution in [1.29, 1.82) is 0 Å². The quantitative estimate of drug-likeness (QED) is 0.184. The van der Waals surface area contributed by atoms with Crippen LogP contribution in [0.5, 0.6) is 5.75 Å². The summed E-state index contributed by atoms with van der Waals surface area (Å²) in [5, 5.41) is 11.9. The van der Waals surface area contributed by atoms with Crippen LogP contribution in [0.4, 0.5) is 5.69 Å². The fraction of sp³-hybridized carbons (Fsp3) is 0.406. The van der Waals surface area contributed by atoms with Gasteiger partial charge in [0.15, 0.2) is 0 Å². The third kappa shape index (κ3) is 9.07. The zero-order valence-electron chi connectivity index (χ0n) is 26.3. The van der Waals surface area contributed by atoms with E-state index in [2.05, 4.69) is 31.8 Å². The van der Waals surface area contributed by atoms with Crippen LogP contribution in [-0.2, 0) is 31.0 Å². The lowest BCUT2D eigenvalue weighted by molar-refractivity contribution is -0.140. The number of hydrogen-bond donors (Lipinski definition) is 3. The number of ether oxygens (including phenoxy) is 2. The number of oxazole rings is 1. The van der Waals surface area contributed by atoms with Crippen LogP contribution in [0.3, 0.4) is 0 Å². The molecular formula is C32H39N5O8S. The molecule has 1 aliphatic rings. The second kappa shape index (κ2) is 15.7. The van der Waals surface area contributed by atoms with Gasteiger partial charge in [0.1, 0.15) is 24.2 Å². The van der Waals surface area contributed by atoms with Crippen LogP contribution < -0.4 is 19.7 Å². The highest BCUT2D eigenvalue weighted by Crippen LogP contribution is 2.31. The molecule has 246 valence electrons. The SMILES string of the molecule is CNC(=O)Cc1cnc(-c2cc(C#Cc3ccc(N4CCN(S(=O)(=O)NC(C(=O)O)C(C)C)CC4)cc3)ccc2OCCOC)o1. The Bertz CT molecular complexity index is 1670. The molecule has 2 aromatic carbocycles. The second-order valence-corrected chi connectivity index (χ2v) is 12.6. The van der Waals surface area contributed by atoms with Crippen molar-refractivity contribution in [2.75, 3.05) is 58.5 Å². The molecule has 3 aromatic rings. The minimum Gasteiger partial charge on any atom is -0.490 e. The third-order valence-corrected chi connectivity index (χ3v) is 8.89. The minimum absolute atomic E-state index is 0.0658. The van der Waals surface area contributed by atoms with E-state index in [9.17, 15) is 23.1 Å². The fourth-order valence-electron chi connectivity index (χ4n) is 4.69. The monoisotopic (exact) mass is 653 g/mol. The van der Waals surface area contributed by atoms with Crippen LogP contribution >= 0.6 is 0 Å². The molecule has 0 spiro atoms. The van der Waals surface area contributed by atoms with Gasteiger partial charge in [-0.2, -0.15) is 17.4 Å². The first-order valence-corrected chi connectivity index (χ1v) is 16.2. The summed E-state index contributed by atoms with van der Waals surface area (Å²) in [6.07, 6.45) is 1.58. The van der Waals surface area contributed by atoms with E-state index >= 15 is 0 Å². The number of amides is 1. The van der Waals surface area contributed by atoms with E-state index in [1.807, 2.05) is 36.4 Å². The first-order chi connectivity index (χ1) is 22.0. The number of carboxylic acids is 1. The van der Waals surface area contributed by atoms with Crippen LogP contribution in [0, 0.1) is 17.8 Å². The number of benzene rings is 2. The number of carbonyl (C=O) groups is 2. The second-order valence-electron chi connectivity index (χ2n) is 10.9. The van der Waals surface area contributed by atoms with Gasteiger partial charge in [0.05, 0.1) is 24.8 Å². The van der Waals surface area contributed by atoms with E-state index in [-0.39, 0.29) is 31.3 Å². The summed E-state index contributed by atoms with van der Waals surface area (Å²) in [5.41, 5.74) is 3.02. The highest BCUT2D eigenvalue weighted by molar-refractivity contribution is 7.87. The topological polar surface area (TPSA) is 164 Å². The Morgan fingerprint density at radius 2 is 1.72 bits per heavy atom. The van der Waals surface area contributed by atoms with Crippen molar-refractivity contribution in [3.05, 3.63) is 65.5 Å². The number of carbonyl (C=O) groups excluding carboxylic acids is 1. The molecule has 1 aliphatic heterocycles. The van der Waals surface area contributed by atoms with E-state index in [1.165, 1.54) is 10.5 Å². The molecule has 1 aromatic heterocycles. The van der Waals surface area contributed by atoms with E-state index in [0.717, 1.165) is 11.3 Å². The molecule has 0 aliphatic carbocycles. The Kier molecular flexibility index (Phi) is 11.8. The lowest BCUT2D eigenvalue weighted by atomic mass is 10.1. The summed E-state index contributed by atoms with van der Waals surface area (Å²) in [5.74, 6) is 5.83. The molecule has 0 bridgehead atoms. The molecule has 0 radical (unpaired) electrons. The Morgan fingerprint density at radius 3 is 2.35 bits per heavy atom. The van der Waals surface area contributed by atoms with Crippen molar-refractivity contribution in [2.24, 2.45) is 5.92 Å². The minimum atomic E-state index is -3.94. The predicted octanol–water partition coefficient (Wildman–Crippen LogP) is 2.12. The van der Waals surface area contributed by atoms with Crippen LogP contribution in [0.15, 0.2) is 53.1 Å². The van der Waals surface area contributed by atoms with Gasteiger partial charge >= 0.3 is 5.97 Å². The summed E-state index contributed by atoms with van der Waals surface area (Å²) in [4.78, 5) is 29.7. The number of hydrogen-bond acceptors (Lipinski definition) is 9. The maximum absolute atomic E-state index is 12.8. The molecule has 2 heterocycles. The molecule has 0 saturated carbocycles. The third-order valence-electron chi connectivity index (χ3n) is 7.29. The number of nitrogens with zero attached hydrogens (tertiary/aromatic N) is 3. The number of rotatable bonds is 13. The van der Waals surface area contributed by atoms with Gasteiger partial charge in [0.2, 0.25) is 11.8 Å². The normalized spacial score (nSPS) is 14.4. The van der Waals surface area contributed by atoms with E-state index in [4.69, 9.17) is 13.9 Å². The Hall–Kier alpha value is -4.42. The van der Waals surface area contributed by atoms with Crippen molar-refractivity contribution in [2.45, 2.75) is 26.3 Å². The van der Waals surface area contributed by atoms with Crippen molar-refractivity contribution >= 4 is 27.8 Å². The molecule has 1 fully saturated rings. The number of piperazine rings is 1. The molecule has 1 amide bonds. The van der Waals surface area contributed by atoms with Crippen molar-refractivity contribution in [3.63, 3.8) is 0 Å². The molecule has 13 nitrogen and oxygen atoms in total. The molecule has 1 saturated heterocycles. The average Bonchev–Trinajstić information content (AvgIpc) is 3.51. The number of nitrogens with one attached hydrogen (secondary N) is 2. The fourth-order valence-corrected chi connectivity index (χ4v) is 6.18. The Balaban J connectivity index is 1.43. The molecule has 14 heteroatoms.